The van der Waals surface area contributed by atoms with Crippen LogP contribution >= 0.6 is 7.92 Å². The first-order valence-corrected chi connectivity index (χ1v) is 16.0. The van der Waals surface area contributed by atoms with E-state index in [2.05, 4.69) is 148 Å². The summed E-state index contributed by atoms with van der Waals surface area (Å²) < 4.78 is 33.2. The van der Waals surface area contributed by atoms with E-state index in [1.165, 1.54) is 22.0 Å². The average Bonchev–Trinajstić information content (AvgIpc) is 3.01. The summed E-state index contributed by atoms with van der Waals surface area (Å²) in [6.07, 6.45) is 1.29. The fraction of sp³-hybridized carbons (Fsp3) is 0.0667. The number of hydrogen-bond donors (Lipinski definition) is 0. The van der Waals surface area contributed by atoms with Crippen molar-refractivity contribution in [1.29, 1.82) is 0 Å². The van der Waals surface area contributed by atoms with E-state index < -0.39 is 22.6 Å². The predicted octanol–water partition coefficient (Wildman–Crippen LogP) is 3.74. The molecule has 4 rings (SSSR count). The molecule has 1 radical (unpaired) electrons. The molecule has 0 heterocycles. The molecule has 0 unspecified atom stereocenters. The number of benzene rings is 4. The molecule has 0 atom stereocenters. The maximum atomic E-state index is 7.50. The van der Waals surface area contributed by atoms with Gasteiger partial charge < -0.3 is 0 Å². The summed E-state index contributed by atoms with van der Waals surface area (Å²) >= 11 is -1.56. The summed E-state index contributed by atoms with van der Waals surface area (Å²) in [5.41, 5.74) is 0. The zero-order valence-electron chi connectivity index (χ0n) is 20.0. The van der Waals surface area contributed by atoms with Crippen LogP contribution in [0.2, 0.25) is 5.21 Å². The van der Waals surface area contributed by atoms with Gasteiger partial charge in [-0.1, -0.05) is 0 Å². The van der Waals surface area contributed by atoms with Crippen molar-refractivity contribution in [3.8, 4) is 0 Å². The van der Waals surface area contributed by atoms with Crippen LogP contribution in [0.4, 0.5) is 0 Å². The van der Waals surface area contributed by atoms with Gasteiger partial charge in [-0.25, -0.2) is 0 Å². The van der Waals surface area contributed by atoms with E-state index in [1.54, 1.807) is 8.70 Å². The van der Waals surface area contributed by atoms with E-state index in [0.29, 0.717) is 0 Å². The fourth-order valence-corrected chi connectivity index (χ4v) is 13.9. The molecule has 0 fully saturated rings. The quantitative estimate of drug-likeness (QED) is 0.120. The first kappa shape index (κ1) is 36.7. The van der Waals surface area contributed by atoms with E-state index in [-0.39, 0.29) is 21.1 Å². The molecule has 0 aromatic heterocycles. The molecule has 0 aliphatic heterocycles. The van der Waals surface area contributed by atoms with Crippen molar-refractivity contribution in [2.24, 2.45) is 0 Å². The van der Waals surface area contributed by atoms with Crippen LogP contribution in [0.1, 0.15) is 0 Å². The SMILES string of the molecule is [C-]#[O+].[C-]#[O+].[C-]#[O+].[C-]#[O+].[W].c1ccc([PH+](CC[AsH](c2ccccc2)c2ccccc2)c2ccccc2)cc1. The maximum absolute atomic E-state index is 7.50. The molecule has 4 aromatic rings. The van der Waals surface area contributed by atoms with Crippen LogP contribution in [0, 0.1) is 26.6 Å². The zero-order chi connectivity index (χ0) is 27.0. The summed E-state index contributed by atoms with van der Waals surface area (Å²) in [5.74, 6) is 0. The van der Waals surface area contributed by atoms with Gasteiger partial charge in [0.2, 0.25) is 0 Å². The van der Waals surface area contributed by atoms with Crippen LogP contribution in [0.5, 0.6) is 0 Å². The molecule has 4 nitrogen and oxygen atoms in total. The molecule has 37 heavy (non-hydrogen) atoms. The minimum absolute atomic E-state index is 0. The van der Waals surface area contributed by atoms with Gasteiger partial charge in [0.05, 0.1) is 0 Å². The topological polar surface area (TPSA) is 79.6 Å². The Morgan fingerprint density at radius 3 is 1.03 bits per heavy atom. The van der Waals surface area contributed by atoms with Crippen molar-refractivity contribution >= 4 is 41.9 Å². The van der Waals surface area contributed by atoms with Gasteiger partial charge in [0.15, 0.2) is 0 Å². The van der Waals surface area contributed by atoms with Crippen LogP contribution in [-0.4, -0.2) is 20.8 Å². The second-order valence-corrected chi connectivity index (χ2v) is 15.0. The molecular weight excluding hydrogens is 714 g/mol. The van der Waals surface area contributed by atoms with E-state index in [9.17, 15) is 0 Å². The Morgan fingerprint density at radius 1 is 0.459 bits per heavy atom. The first-order chi connectivity index (χ1) is 17.9. The minimum atomic E-state index is -1.56. The van der Waals surface area contributed by atoms with Gasteiger partial charge in [0.1, 0.15) is 0 Å². The second kappa shape index (κ2) is 25.2. The van der Waals surface area contributed by atoms with Gasteiger partial charge in [0, 0.05) is 21.1 Å². The molecule has 7 heteroatoms. The van der Waals surface area contributed by atoms with E-state index in [1.807, 2.05) is 0 Å². The van der Waals surface area contributed by atoms with Gasteiger partial charge >= 0.3 is 220 Å². The van der Waals surface area contributed by atoms with Crippen molar-refractivity contribution in [2.45, 2.75) is 5.21 Å². The van der Waals surface area contributed by atoms with Crippen LogP contribution in [-0.2, 0) is 39.7 Å². The Kier molecular flexibility index (Phi) is 25.0. The molecule has 185 valence electrons. The van der Waals surface area contributed by atoms with E-state index in [4.69, 9.17) is 18.6 Å². The summed E-state index contributed by atoms with van der Waals surface area (Å²) in [6, 6.07) is 44.8. The second-order valence-electron chi connectivity index (χ2n) is 6.92. The fourth-order valence-electron chi connectivity index (χ4n) is 3.72. The van der Waals surface area contributed by atoms with Gasteiger partial charge in [-0.3, -0.25) is 0 Å². The normalized spacial score (nSPS) is 8.59. The van der Waals surface area contributed by atoms with Crippen molar-refractivity contribution < 1.29 is 39.7 Å². The molecule has 0 saturated heterocycles. The standard InChI is InChI=1S/C26H25AsP.4CO.W/c1-5-13-23(14-6-1)27(24-15-7-2-8-16-24)21-22-28(25-17-9-3-10-18-25)26-19-11-4-12-20-26;4*1-2;/h1-20,27H,21-22H2;;;;;/p+1. The van der Waals surface area contributed by atoms with Gasteiger partial charge in [0.25, 0.3) is 0 Å². The third-order valence-corrected chi connectivity index (χ3v) is 14.9. The molecule has 4 aromatic carbocycles. The zero-order valence-corrected chi connectivity index (χ0v) is 26.0. The van der Waals surface area contributed by atoms with Crippen molar-refractivity contribution in [1.82, 2.24) is 0 Å². The van der Waals surface area contributed by atoms with Gasteiger partial charge in [-0.15, -0.1) is 0 Å². The predicted molar refractivity (Wildman–Crippen MR) is 145 cm³/mol. The first-order valence-electron chi connectivity index (χ1n) is 10.7. The van der Waals surface area contributed by atoms with Crippen molar-refractivity contribution in [3.05, 3.63) is 148 Å². The van der Waals surface area contributed by atoms with Crippen molar-refractivity contribution in [3.63, 3.8) is 0 Å². The van der Waals surface area contributed by atoms with Crippen LogP contribution in [0.25, 0.3) is 0 Å². The van der Waals surface area contributed by atoms with Crippen molar-refractivity contribution in [2.75, 3.05) is 6.16 Å². The molecule has 0 aliphatic carbocycles. The Morgan fingerprint density at radius 2 is 0.730 bits per heavy atom. The Hall–Kier alpha value is -2.48. The monoisotopic (exact) mass is 740 g/mol. The number of hydrogen-bond acceptors (Lipinski definition) is 0. The van der Waals surface area contributed by atoms with Crippen LogP contribution in [0.15, 0.2) is 121 Å². The third-order valence-electron chi connectivity index (χ3n) is 5.11. The summed E-state index contributed by atoms with van der Waals surface area (Å²) in [7, 11) is -0.767. The van der Waals surface area contributed by atoms with E-state index in [0.717, 1.165) is 0 Å². The molecule has 0 spiro atoms. The third kappa shape index (κ3) is 13.0. The van der Waals surface area contributed by atoms with Gasteiger partial charge in [-0.05, 0) is 0 Å². The Bertz CT molecular complexity index is 966. The molecule has 0 bridgehead atoms. The number of rotatable bonds is 7. The average molecular weight is 740 g/mol. The van der Waals surface area contributed by atoms with Gasteiger partial charge in [-0.2, -0.15) is 0 Å². The van der Waals surface area contributed by atoms with Crippen LogP contribution in [0.3, 0.4) is 0 Å². The molecular formula is C30H26AsO4PW+. The Balaban J connectivity index is 0. The molecule has 0 N–H and O–H groups in total. The summed E-state index contributed by atoms with van der Waals surface area (Å²) in [4.78, 5) is 0. The Labute approximate surface area is 239 Å². The molecule has 0 saturated carbocycles. The molecule has 0 amide bonds. The van der Waals surface area contributed by atoms with Crippen LogP contribution < -0.4 is 19.3 Å². The van der Waals surface area contributed by atoms with E-state index >= 15 is 0 Å². The summed E-state index contributed by atoms with van der Waals surface area (Å²) in [6.45, 7) is 18.0. The summed E-state index contributed by atoms with van der Waals surface area (Å²) in [5, 5.41) is 4.38. The molecule has 0 aliphatic rings.